The summed E-state index contributed by atoms with van der Waals surface area (Å²) >= 11 is 0. The molecule has 1 N–H and O–H groups in total. The van der Waals surface area contributed by atoms with Crippen molar-refractivity contribution in [2.24, 2.45) is 5.41 Å². The average Bonchev–Trinajstić information content (AvgIpc) is 2.44. The standard InChI is InChI=1S/C21H29NO/c1-20(2,3)19(23)18(22-21(4,5)6)14-16-12-9-11-15-10-7-8-13-17(15)16/h7-13,18,22H,14H2,1-6H3. The molecule has 0 amide bonds. The van der Waals surface area contributed by atoms with Crippen LogP contribution in [0.3, 0.4) is 0 Å². The first-order valence-corrected chi connectivity index (χ1v) is 8.36. The van der Waals surface area contributed by atoms with Gasteiger partial charge in [-0.1, -0.05) is 63.2 Å². The summed E-state index contributed by atoms with van der Waals surface area (Å²) in [5, 5.41) is 5.98. The van der Waals surface area contributed by atoms with E-state index in [9.17, 15) is 4.79 Å². The molecule has 0 aromatic heterocycles. The van der Waals surface area contributed by atoms with Gasteiger partial charge in [0.05, 0.1) is 6.04 Å². The van der Waals surface area contributed by atoms with Crippen molar-refractivity contribution in [3.8, 4) is 0 Å². The van der Waals surface area contributed by atoms with Crippen molar-refractivity contribution in [3.05, 3.63) is 48.0 Å². The highest BCUT2D eigenvalue weighted by Gasteiger charge is 2.32. The van der Waals surface area contributed by atoms with E-state index in [1.54, 1.807) is 0 Å². The van der Waals surface area contributed by atoms with E-state index in [0.29, 0.717) is 6.42 Å². The minimum Gasteiger partial charge on any atom is -0.302 e. The second kappa shape index (κ2) is 6.45. The Kier molecular flexibility index (Phi) is 4.95. The van der Waals surface area contributed by atoms with E-state index in [1.807, 2.05) is 20.8 Å². The molecule has 1 unspecified atom stereocenters. The van der Waals surface area contributed by atoms with Crippen LogP contribution in [0.2, 0.25) is 0 Å². The molecule has 0 aliphatic rings. The Morgan fingerprint density at radius 2 is 1.57 bits per heavy atom. The van der Waals surface area contributed by atoms with Gasteiger partial charge in [-0.25, -0.2) is 0 Å². The zero-order valence-corrected chi connectivity index (χ0v) is 15.2. The number of nitrogens with one attached hydrogen (secondary N) is 1. The Balaban J connectivity index is 2.38. The predicted octanol–water partition coefficient (Wildman–Crippen LogP) is 4.75. The second-order valence-electron chi connectivity index (χ2n) is 8.40. The van der Waals surface area contributed by atoms with Gasteiger partial charge in [0.1, 0.15) is 0 Å². The Morgan fingerprint density at radius 3 is 2.17 bits per heavy atom. The molecule has 2 nitrogen and oxygen atoms in total. The number of rotatable bonds is 4. The lowest BCUT2D eigenvalue weighted by Gasteiger charge is -2.32. The Hall–Kier alpha value is -1.67. The van der Waals surface area contributed by atoms with Gasteiger partial charge in [-0.05, 0) is 43.5 Å². The summed E-state index contributed by atoms with van der Waals surface area (Å²) in [4.78, 5) is 12.9. The summed E-state index contributed by atoms with van der Waals surface area (Å²) < 4.78 is 0. The highest BCUT2D eigenvalue weighted by Crippen LogP contribution is 2.24. The van der Waals surface area contributed by atoms with Crippen LogP contribution in [0.15, 0.2) is 42.5 Å². The van der Waals surface area contributed by atoms with Crippen molar-refractivity contribution >= 4 is 16.6 Å². The molecule has 0 bridgehead atoms. The lowest BCUT2D eigenvalue weighted by atomic mass is 9.83. The topological polar surface area (TPSA) is 29.1 Å². The zero-order chi connectivity index (χ0) is 17.3. The normalized spacial score (nSPS) is 14.0. The summed E-state index contributed by atoms with van der Waals surface area (Å²) in [7, 11) is 0. The van der Waals surface area contributed by atoms with Crippen LogP contribution >= 0.6 is 0 Å². The first-order chi connectivity index (χ1) is 10.6. The summed E-state index contributed by atoms with van der Waals surface area (Å²) in [6.45, 7) is 12.3. The molecule has 2 aromatic rings. The maximum Gasteiger partial charge on any atom is 0.155 e. The Bertz CT molecular complexity index is 684. The van der Waals surface area contributed by atoms with Crippen LogP contribution in [-0.2, 0) is 11.2 Å². The van der Waals surface area contributed by atoms with Crippen LogP contribution in [0, 0.1) is 5.41 Å². The van der Waals surface area contributed by atoms with Gasteiger partial charge < -0.3 is 5.32 Å². The lowest BCUT2D eigenvalue weighted by molar-refractivity contribution is -0.128. The fraction of sp³-hybridized carbons (Fsp3) is 0.476. The van der Waals surface area contributed by atoms with E-state index in [-0.39, 0.29) is 22.8 Å². The van der Waals surface area contributed by atoms with Gasteiger partial charge in [-0.15, -0.1) is 0 Å². The highest BCUT2D eigenvalue weighted by atomic mass is 16.1. The summed E-state index contributed by atoms with van der Waals surface area (Å²) in [5.74, 6) is 0.264. The van der Waals surface area contributed by atoms with Crippen LogP contribution in [0.25, 0.3) is 10.8 Å². The minimum absolute atomic E-state index is 0.101. The monoisotopic (exact) mass is 311 g/mol. The molecule has 0 aliphatic heterocycles. The van der Waals surface area contributed by atoms with Crippen molar-refractivity contribution < 1.29 is 4.79 Å². The molecular formula is C21H29NO. The second-order valence-corrected chi connectivity index (χ2v) is 8.40. The van der Waals surface area contributed by atoms with Gasteiger partial charge in [0.2, 0.25) is 0 Å². The van der Waals surface area contributed by atoms with Crippen molar-refractivity contribution in [3.63, 3.8) is 0 Å². The maximum atomic E-state index is 12.9. The first-order valence-electron chi connectivity index (χ1n) is 8.36. The number of Topliss-reactive ketones (excluding diaryl/α,β-unsaturated/α-hetero) is 1. The van der Waals surface area contributed by atoms with Crippen molar-refractivity contribution in [1.82, 2.24) is 5.32 Å². The molecule has 0 heterocycles. The fourth-order valence-electron chi connectivity index (χ4n) is 2.95. The number of benzene rings is 2. The number of fused-ring (bicyclic) bond motifs is 1. The SMILES string of the molecule is CC(C)(C)NC(Cc1cccc2ccccc12)C(=O)C(C)(C)C. The molecule has 124 valence electrons. The molecule has 0 fully saturated rings. The molecule has 23 heavy (non-hydrogen) atoms. The quantitative estimate of drug-likeness (QED) is 0.882. The molecule has 1 atom stereocenters. The van der Waals surface area contributed by atoms with Crippen LogP contribution in [-0.4, -0.2) is 17.4 Å². The van der Waals surface area contributed by atoms with E-state index in [4.69, 9.17) is 0 Å². The Labute approximate surface area is 140 Å². The third-order valence-electron chi connectivity index (χ3n) is 3.97. The maximum absolute atomic E-state index is 12.9. The summed E-state index contributed by atoms with van der Waals surface area (Å²) in [6, 6.07) is 14.5. The van der Waals surface area contributed by atoms with Crippen LogP contribution in [0.1, 0.15) is 47.1 Å². The average molecular weight is 311 g/mol. The third-order valence-corrected chi connectivity index (χ3v) is 3.97. The van der Waals surface area contributed by atoms with E-state index in [1.165, 1.54) is 16.3 Å². The number of carbonyl (C=O) groups is 1. The molecule has 2 heteroatoms. The first kappa shape index (κ1) is 17.7. The number of ketones is 1. The fourth-order valence-corrected chi connectivity index (χ4v) is 2.95. The molecule has 0 saturated heterocycles. The van der Waals surface area contributed by atoms with Crippen LogP contribution < -0.4 is 5.32 Å². The van der Waals surface area contributed by atoms with Crippen molar-refractivity contribution in [2.45, 2.75) is 59.5 Å². The highest BCUT2D eigenvalue weighted by molar-refractivity contribution is 5.91. The van der Waals surface area contributed by atoms with Crippen molar-refractivity contribution in [1.29, 1.82) is 0 Å². The molecule has 0 spiro atoms. The van der Waals surface area contributed by atoms with Gasteiger partial charge in [-0.2, -0.15) is 0 Å². The van der Waals surface area contributed by atoms with Gasteiger partial charge in [0.25, 0.3) is 0 Å². The van der Waals surface area contributed by atoms with Crippen LogP contribution in [0.4, 0.5) is 0 Å². The smallest absolute Gasteiger partial charge is 0.155 e. The van der Waals surface area contributed by atoms with E-state index >= 15 is 0 Å². The Morgan fingerprint density at radius 1 is 0.957 bits per heavy atom. The van der Waals surface area contributed by atoms with Gasteiger partial charge in [-0.3, -0.25) is 4.79 Å². The lowest BCUT2D eigenvalue weighted by Crippen LogP contribution is -2.51. The van der Waals surface area contributed by atoms with Gasteiger partial charge in [0.15, 0.2) is 5.78 Å². The largest absolute Gasteiger partial charge is 0.302 e. The van der Waals surface area contributed by atoms with Gasteiger partial charge in [0, 0.05) is 11.0 Å². The molecule has 2 rings (SSSR count). The molecule has 0 aliphatic carbocycles. The molecular weight excluding hydrogens is 282 g/mol. The molecule has 0 radical (unpaired) electrons. The molecule has 0 saturated carbocycles. The number of hydrogen-bond donors (Lipinski definition) is 1. The number of hydrogen-bond acceptors (Lipinski definition) is 2. The molecule has 2 aromatic carbocycles. The minimum atomic E-state index is -0.354. The van der Waals surface area contributed by atoms with E-state index in [2.05, 4.69) is 68.6 Å². The summed E-state index contributed by atoms with van der Waals surface area (Å²) in [5.41, 5.74) is 0.770. The van der Waals surface area contributed by atoms with E-state index < -0.39 is 0 Å². The zero-order valence-electron chi connectivity index (χ0n) is 15.2. The van der Waals surface area contributed by atoms with Gasteiger partial charge >= 0.3 is 0 Å². The number of carbonyl (C=O) groups excluding carboxylic acids is 1. The van der Waals surface area contributed by atoms with E-state index in [0.717, 1.165) is 0 Å². The third kappa shape index (κ3) is 4.65. The summed E-state index contributed by atoms with van der Waals surface area (Å²) in [6.07, 6.45) is 0.717. The van der Waals surface area contributed by atoms with Crippen molar-refractivity contribution in [2.75, 3.05) is 0 Å². The van der Waals surface area contributed by atoms with Crippen LogP contribution in [0.5, 0.6) is 0 Å². The predicted molar refractivity (Wildman–Crippen MR) is 98.8 cm³/mol.